The molecule has 0 N–H and O–H groups in total. The van der Waals surface area contributed by atoms with Crippen molar-refractivity contribution in [3.8, 4) is 0 Å². The van der Waals surface area contributed by atoms with E-state index in [4.69, 9.17) is 0 Å². The molecule has 0 bridgehead atoms. The fourth-order valence-electron chi connectivity index (χ4n) is 1.90. The molecule has 0 radical (unpaired) electrons. The van der Waals surface area contributed by atoms with Crippen molar-refractivity contribution in [2.24, 2.45) is 0 Å². The molecular weight excluding hydrogens is 190 g/mol. The molecule has 4 heteroatoms. The lowest BCUT2D eigenvalue weighted by Crippen LogP contribution is -2.05. The van der Waals surface area contributed by atoms with Crippen LogP contribution in [0.15, 0.2) is 18.5 Å². The van der Waals surface area contributed by atoms with E-state index in [1.165, 1.54) is 0 Å². The molecule has 0 aliphatic heterocycles. The highest BCUT2D eigenvalue weighted by molar-refractivity contribution is 5.94. The number of hydrogen-bond donors (Lipinski definition) is 0. The first-order chi connectivity index (χ1) is 7.27. The van der Waals surface area contributed by atoms with Gasteiger partial charge in [-0.1, -0.05) is 0 Å². The van der Waals surface area contributed by atoms with Gasteiger partial charge >= 0.3 is 0 Å². The molecule has 2 aromatic rings. The Bertz CT molecular complexity index is 540. The third-order valence-electron chi connectivity index (χ3n) is 2.72. The second kappa shape index (κ2) is 2.89. The molecule has 0 unspecified atom stereocenters. The van der Waals surface area contributed by atoms with Crippen LogP contribution in [0.1, 0.15) is 36.4 Å². The molecule has 76 valence electrons. The molecule has 1 fully saturated rings. The number of carbonyl (C=O) groups excluding carboxylic acids is 1. The number of aromatic nitrogens is 3. The number of imidazole rings is 1. The first-order valence-electron chi connectivity index (χ1n) is 5.10. The average molecular weight is 201 g/mol. The van der Waals surface area contributed by atoms with E-state index in [9.17, 15) is 4.79 Å². The van der Waals surface area contributed by atoms with Crippen LogP contribution in [-0.4, -0.2) is 20.3 Å². The van der Waals surface area contributed by atoms with E-state index in [1.807, 2.05) is 6.07 Å². The van der Waals surface area contributed by atoms with Crippen molar-refractivity contribution in [2.75, 3.05) is 0 Å². The van der Waals surface area contributed by atoms with Crippen LogP contribution in [0, 0.1) is 0 Å². The zero-order chi connectivity index (χ0) is 10.4. The highest BCUT2D eigenvalue weighted by Crippen LogP contribution is 2.38. The molecule has 0 atom stereocenters. The largest absolute Gasteiger partial charge is 0.318 e. The summed E-state index contributed by atoms with van der Waals surface area (Å²) in [5, 5.41) is 0. The van der Waals surface area contributed by atoms with Gasteiger partial charge in [0.25, 0.3) is 0 Å². The SMILES string of the molecule is CC(=O)c1nc2cnccc2n1C1CC1. The maximum absolute atomic E-state index is 11.5. The number of rotatable bonds is 2. The maximum atomic E-state index is 11.5. The minimum atomic E-state index is 0.0260. The van der Waals surface area contributed by atoms with Gasteiger partial charge in [0.15, 0.2) is 11.6 Å². The van der Waals surface area contributed by atoms with E-state index >= 15 is 0 Å². The molecule has 0 spiro atoms. The molecule has 3 rings (SSSR count). The van der Waals surface area contributed by atoms with Crippen molar-refractivity contribution in [2.45, 2.75) is 25.8 Å². The molecule has 0 amide bonds. The predicted octanol–water partition coefficient (Wildman–Crippen LogP) is 1.97. The lowest BCUT2D eigenvalue weighted by Gasteiger charge is -2.03. The van der Waals surface area contributed by atoms with E-state index in [0.717, 1.165) is 23.9 Å². The van der Waals surface area contributed by atoms with Crippen LogP contribution in [-0.2, 0) is 0 Å². The van der Waals surface area contributed by atoms with Crippen molar-refractivity contribution >= 4 is 16.8 Å². The normalized spacial score (nSPS) is 15.8. The van der Waals surface area contributed by atoms with E-state index in [0.29, 0.717) is 11.9 Å². The molecular formula is C11H11N3O. The first-order valence-corrected chi connectivity index (χ1v) is 5.10. The fraction of sp³-hybridized carbons (Fsp3) is 0.364. The van der Waals surface area contributed by atoms with Crippen LogP contribution >= 0.6 is 0 Å². The topological polar surface area (TPSA) is 47.8 Å². The molecule has 1 aliphatic carbocycles. The van der Waals surface area contributed by atoms with Gasteiger partial charge in [-0.25, -0.2) is 4.98 Å². The number of fused-ring (bicyclic) bond motifs is 1. The number of pyridine rings is 1. The number of nitrogens with zero attached hydrogens (tertiary/aromatic N) is 3. The Hall–Kier alpha value is -1.71. The van der Waals surface area contributed by atoms with Gasteiger partial charge < -0.3 is 4.57 Å². The number of ketones is 1. The molecule has 4 nitrogen and oxygen atoms in total. The summed E-state index contributed by atoms with van der Waals surface area (Å²) >= 11 is 0. The summed E-state index contributed by atoms with van der Waals surface area (Å²) in [7, 11) is 0. The van der Waals surface area contributed by atoms with E-state index in [2.05, 4.69) is 14.5 Å². The Morgan fingerprint density at radius 3 is 3.00 bits per heavy atom. The van der Waals surface area contributed by atoms with Gasteiger partial charge in [0.2, 0.25) is 0 Å². The summed E-state index contributed by atoms with van der Waals surface area (Å²) in [5.74, 6) is 0.596. The molecule has 2 heterocycles. The Kier molecular flexibility index (Phi) is 1.65. The molecule has 15 heavy (non-hydrogen) atoms. The van der Waals surface area contributed by atoms with E-state index < -0.39 is 0 Å². The van der Waals surface area contributed by atoms with Gasteiger partial charge in [0, 0.05) is 19.2 Å². The van der Waals surface area contributed by atoms with Crippen molar-refractivity contribution in [1.82, 2.24) is 14.5 Å². The van der Waals surface area contributed by atoms with E-state index in [1.54, 1.807) is 19.3 Å². The minimum Gasteiger partial charge on any atom is -0.318 e. The summed E-state index contributed by atoms with van der Waals surface area (Å²) in [4.78, 5) is 19.8. The van der Waals surface area contributed by atoms with Crippen LogP contribution in [0.5, 0.6) is 0 Å². The average Bonchev–Trinajstić information content (AvgIpc) is 2.98. The van der Waals surface area contributed by atoms with Gasteiger partial charge in [0.1, 0.15) is 5.52 Å². The summed E-state index contributed by atoms with van der Waals surface area (Å²) in [6.45, 7) is 1.56. The first kappa shape index (κ1) is 8.59. The zero-order valence-corrected chi connectivity index (χ0v) is 8.47. The Balaban J connectivity index is 2.33. The maximum Gasteiger partial charge on any atom is 0.195 e. The van der Waals surface area contributed by atoms with Crippen LogP contribution in [0.2, 0.25) is 0 Å². The highest BCUT2D eigenvalue weighted by Gasteiger charge is 2.29. The van der Waals surface area contributed by atoms with Gasteiger partial charge in [0.05, 0.1) is 11.7 Å². The third kappa shape index (κ3) is 1.25. The zero-order valence-electron chi connectivity index (χ0n) is 8.47. The second-order valence-electron chi connectivity index (χ2n) is 3.96. The van der Waals surface area contributed by atoms with Crippen LogP contribution < -0.4 is 0 Å². The van der Waals surface area contributed by atoms with Gasteiger partial charge in [-0.15, -0.1) is 0 Å². The molecule has 2 aromatic heterocycles. The molecule has 0 saturated heterocycles. The van der Waals surface area contributed by atoms with Crippen LogP contribution in [0.3, 0.4) is 0 Å². The minimum absolute atomic E-state index is 0.0260. The lowest BCUT2D eigenvalue weighted by atomic mass is 10.4. The Morgan fingerprint density at radius 2 is 2.33 bits per heavy atom. The highest BCUT2D eigenvalue weighted by atomic mass is 16.1. The van der Waals surface area contributed by atoms with Crippen molar-refractivity contribution in [3.63, 3.8) is 0 Å². The summed E-state index contributed by atoms with van der Waals surface area (Å²) in [5.41, 5.74) is 1.84. The Labute approximate surface area is 87.0 Å². The second-order valence-corrected chi connectivity index (χ2v) is 3.96. The number of carbonyl (C=O) groups is 1. The van der Waals surface area contributed by atoms with Crippen molar-refractivity contribution < 1.29 is 4.79 Å². The van der Waals surface area contributed by atoms with Crippen molar-refractivity contribution in [3.05, 3.63) is 24.3 Å². The van der Waals surface area contributed by atoms with Crippen LogP contribution in [0.4, 0.5) is 0 Å². The van der Waals surface area contributed by atoms with E-state index in [-0.39, 0.29) is 5.78 Å². The summed E-state index contributed by atoms with van der Waals surface area (Å²) < 4.78 is 2.05. The predicted molar refractivity (Wildman–Crippen MR) is 55.8 cm³/mol. The summed E-state index contributed by atoms with van der Waals surface area (Å²) in [6.07, 6.45) is 5.75. The monoisotopic (exact) mass is 201 g/mol. The standard InChI is InChI=1S/C11H11N3O/c1-7(15)11-13-9-6-12-5-4-10(9)14(11)8-2-3-8/h4-6,8H,2-3H2,1H3. The Morgan fingerprint density at radius 1 is 1.53 bits per heavy atom. The number of hydrogen-bond acceptors (Lipinski definition) is 3. The van der Waals surface area contributed by atoms with Crippen molar-refractivity contribution in [1.29, 1.82) is 0 Å². The van der Waals surface area contributed by atoms with Crippen LogP contribution in [0.25, 0.3) is 11.0 Å². The quantitative estimate of drug-likeness (QED) is 0.698. The molecule has 1 saturated carbocycles. The lowest BCUT2D eigenvalue weighted by molar-refractivity contribution is 0.1000. The fourth-order valence-corrected chi connectivity index (χ4v) is 1.90. The summed E-state index contributed by atoms with van der Waals surface area (Å²) in [6, 6.07) is 2.39. The third-order valence-corrected chi connectivity index (χ3v) is 2.72. The van der Waals surface area contributed by atoms with Gasteiger partial charge in [-0.05, 0) is 18.9 Å². The van der Waals surface area contributed by atoms with Gasteiger partial charge in [-0.2, -0.15) is 0 Å². The molecule has 0 aromatic carbocycles. The molecule has 1 aliphatic rings. The number of Topliss-reactive ketones (excluding diaryl/α,β-unsaturated/α-hetero) is 1. The smallest absolute Gasteiger partial charge is 0.195 e. The van der Waals surface area contributed by atoms with Gasteiger partial charge in [-0.3, -0.25) is 9.78 Å².